The first-order valence-corrected chi connectivity index (χ1v) is 6.95. The molecule has 0 aliphatic rings. The molecule has 0 bridgehead atoms. The van der Waals surface area contributed by atoms with Crippen LogP contribution in [0.3, 0.4) is 0 Å². The lowest BCUT2D eigenvalue weighted by Gasteiger charge is -2.13. The summed E-state index contributed by atoms with van der Waals surface area (Å²) in [5.41, 5.74) is 2.72. The zero-order valence-corrected chi connectivity index (χ0v) is 12.5. The van der Waals surface area contributed by atoms with Crippen molar-refractivity contribution in [3.63, 3.8) is 0 Å². The number of nitrogens with zero attached hydrogens (tertiary/aromatic N) is 4. The van der Waals surface area contributed by atoms with E-state index in [-0.39, 0.29) is 0 Å². The van der Waals surface area contributed by atoms with Gasteiger partial charge in [0.1, 0.15) is 12.2 Å². The Hall–Kier alpha value is -1.75. The third-order valence-corrected chi connectivity index (χ3v) is 3.10. The van der Waals surface area contributed by atoms with Crippen molar-refractivity contribution in [3.8, 4) is 0 Å². The summed E-state index contributed by atoms with van der Waals surface area (Å²) >= 11 is 0. The van der Waals surface area contributed by atoms with Crippen LogP contribution in [0.2, 0.25) is 0 Å². The molecule has 1 unspecified atom stereocenters. The second-order valence-corrected chi connectivity index (χ2v) is 5.66. The van der Waals surface area contributed by atoms with Crippen molar-refractivity contribution in [2.75, 3.05) is 0 Å². The molecule has 0 radical (unpaired) electrons. The molecule has 2 aromatic heterocycles. The minimum Gasteiger partial charge on any atom is -0.388 e. The van der Waals surface area contributed by atoms with Crippen LogP contribution in [0.4, 0.5) is 0 Å². The molecule has 0 aliphatic heterocycles. The van der Waals surface area contributed by atoms with Crippen LogP contribution in [-0.4, -0.2) is 24.9 Å². The quantitative estimate of drug-likeness (QED) is 0.908. The number of aryl methyl sites for hydroxylation is 2. The van der Waals surface area contributed by atoms with Gasteiger partial charge in [-0.1, -0.05) is 13.8 Å². The summed E-state index contributed by atoms with van der Waals surface area (Å²) in [7, 11) is 0. The highest BCUT2D eigenvalue weighted by atomic mass is 16.3. The van der Waals surface area contributed by atoms with Gasteiger partial charge >= 0.3 is 0 Å². The number of hydrogen-bond donors (Lipinski definition) is 1. The second kappa shape index (κ2) is 6.13. The van der Waals surface area contributed by atoms with E-state index in [1.54, 1.807) is 6.33 Å². The number of hydrogen-bond acceptors (Lipinski definition) is 4. The van der Waals surface area contributed by atoms with Crippen molar-refractivity contribution in [3.05, 3.63) is 41.2 Å². The zero-order valence-electron chi connectivity index (χ0n) is 12.5. The molecule has 2 rings (SSSR count). The second-order valence-electron chi connectivity index (χ2n) is 5.66. The summed E-state index contributed by atoms with van der Waals surface area (Å²) in [6.07, 6.45) is 1.44. The molecule has 0 saturated carbocycles. The average Bonchev–Trinajstić information content (AvgIpc) is 2.74. The molecule has 2 aromatic rings. The van der Waals surface area contributed by atoms with Crippen LogP contribution in [-0.2, 0) is 13.0 Å². The van der Waals surface area contributed by atoms with E-state index in [9.17, 15) is 5.11 Å². The molecule has 0 saturated heterocycles. The summed E-state index contributed by atoms with van der Waals surface area (Å²) in [5, 5.41) is 14.6. The Morgan fingerprint density at radius 2 is 1.85 bits per heavy atom. The SMILES string of the molecule is Cc1cc(C(O)Cc2ncnn2CC(C)C)cc(C)n1. The number of pyridine rings is 1. The normalized spacial score (nSPS) is 12.9. The monoisotopic (exact) mass is 274 g/mol. The van der Waals surface area contributed by atoms with Crippen LogP contribution in [0.1, 0.15) is 42.7 Å². The van der Waals surface area contributed by atoms with E-state index in [2.05, 4.69) is 28.9 Å². The van der Waals surface area contributed by atoms with Crippen molar-refractivity contribution in [2.45, 2.75) is 46.8 Å². The summed E-state index contributed by atoms with van der Waals surface area (Å²) in [6.45, 7) is 8.96. The van der Waals surface area contributed by atoms with Crippen LogP contribution in [0.5, 0.6) is 0 Å². The Morgan fingerprint density at radius 1 is 1.20 bits per heavy atom. The lowest BCUT2D eigenvalue weighted by Crippen LogP contribution is -2.13. The zero-order chi connectivity index (χ0) is 14.7. The predicted octanol–water partition coefficient (Wildman–Crippen LogP) is 2.22. The van der Waals surface area contributed by atoms with Gasteiger partial charge < -0.3 is 5.11 Å². The molecule has 20 heavy (non-hydrogen) atoms. The molecule has 0 spiro atoms. The van der Waals surface area contributed by atoms with Gasteiger partial charge in [-0.05, 0) is 37.5 Å². The third-order valence-electron chi connectivity index (χ3n) is 3.10. The molecule has 0 fully saturated rings. The first-order chi connectivity index (χ1) is 9.45. The maximum atomic E-state index is 10.4. The maximum absolute atomic E-state index is 10.4. The highest BCUT2D eigenvalue weighted by molar-refractivity contribution is 5.23. The van der Waals surface area contributed by atoms with Gasteiger partial charge in [-0.25, -0.2) is 9.67 Å². The predicted molar refractivity (Wildman–Crippen MR) is 77.2 cm³/mol. The third kappa shape index (κ3) is 3.63. The van der Waals surface area contributed by atoms with E-state index in [1.165, 1.54) is 0 Å². The molecule has 5 heteroatoms. The van der Waals surface area contributed by atoms with E-state index in [0.29, 0.717) is 12.3 Å². The Labute approximate surface area is 119 Å². The fourth-order valence-corrected chi connectivity index (χ4v) is 2.29. The van der Waals surface area contributed by atoms with Crippen LogP contribution in [0.25, 0.3) is 0 Å². The van der Waals surface area contributed by atoms with Crippen molar-refractivity contribution < 1.29 is 5.11 Å². The van der Waals surface area contributed by atoms with E-state index in [0.717, 1.165) is 29.3 Å². The van der Waals surface area contributed by atoms with E-state index in [4.69, 9.17) is 0 Å². The van der Waals surface area contributed by atoms with Crippen LogP contribution in [0.15, 0.2) is 18.5 Å². The number of rotatable bonds is 5. The molecule has 0 amide bonds. The Kier molecular flexibility index (Phi) is 4.49. The van der Waals surface area contributed by atoms with Gasteiger partial charge in [-0.3, -0.25) is 4.98 Å². The van der Waals surface area contributed by atoms with Crippen molar-refractivity contribution in [2.24, 2.45) is 5.92 Å². The highest BCUT2D eigenvalue weighted by Gasteiger charge is 2.14. The molecule has 5 nitrogen and oxygen atoms in total. The maximum Gasteiger partial charge on any atom is 0.138 e. The standard InChI is InChI=1S/C15H22N4O/c1-10(2)8-19-15(16-9-17-19)7-14(20)13-5-11(3)18-12(4)6-13/h5-6,9-10,14,20H,7-8H2,1-4H3. The Balaban J connectivity index is 2.15. The van der Waals surface area contributed by atoms with Gasteiger partial charge in [0.25, 0.3) is 0 Å². The van der Waals surface area contributed by atoms with Gasteiger partial charge in [0.2, 0.25) is 0 Å². The molecule has 2 heterocycles. The number of aliphatic hydroxyl groups excluding tert-OH is 1. The van der Waals surface area contributed by atoms with Crippen LogP contribution in [0, 0.1) is 19.8 Å². The molecule has 108 valence electrons. The van der Waals surface area contributed by atoms with Gasteiger partial charge in [-0.2, -0.15) is 5.10 Å². The van der Waals surface area contributed by atoms with Gasteiger partial charge in [-0.15, -0.1) is 0 Å². The van der Waals surface area contributed by atoms with E-state index < -0.39 is 6.10 Å². The molecule has 0 aromatic carbocycles. The topological polar surface area (TPSA) is 63.8 Å². The van der Waals surface area contributed by atoms with Gasteiger partial charge in [0.15, 0.2) is 0 Å². The fraction of sp³-hybridized carbons (Fsp3) is 0.533. The molecular weight excluding hydrogens is 252 g/mol. The van der Waals surface area contributed by atoms with Crippen LogP contribution < -0.4 is 0 Å². The lowest BCUT2D eigenvalue weighted by atomic mass is 10.1. The summed E-state index contributed by atoms with van der Waals surface area (Å²) < 4.78 is 1.87. The largest absolute Gasteiger partial charge is 0.388 e. The Morgan fingerprint density at radius 3 is 2.45 bits per heavy atom. The summed E-state index contributed by atoms with van der Waals surface area (Å²) in [6, 6.07) is 3.83. The molecule has 1 N–H and O–H groups in total. The fourth-order valence-electron chi connectivity index (χ4n) is 2.29. The van der Waals surface area contributed by atoms with Crippen LogP contribution >= 0.6 is 0 Å². The van der Waals surface area contributed by atoms with E-state index in [1.807, 2.05) is 30.7 Å². The first kappa shape index (κ1) is 14.7. The Bertz CT molecular complexity index is 557. The minimum atomic E-state index is -0.578. The van der Waals surface area contributed by atoms with Gasteiger partial charge in [0.05, 0.1) is 6.10 Å². The summed E-state index contributed by atoms with van der Waals surface area (Å²) in [5.74, 6) is 1.32. The first-order valence-electron chi connectivity index (χ1n) is 6.95. The highest BCUT2D eigenvalue weighted by Crippen LogP contribution is 2.19. The molecule has 1 atom stereocenters. The average molecular weight is 274 g/mol. The van der Waals surface area contributed by atoms with Gasteiger partial charge in [0, 0.05) is 24.4 Å². The molecule has 0 aliphatic carbocycles. The summed E-state index contributed by atoms with van der Waals surface area (Å²) in [4.78, 5) is 8.58. The van der Waals surface area contributed by atoms with Crippen molar-refractivity contribution in [1.82, 2.24) is 19.7 Å². The number of aromatic nitrogens is 4. The van der Waals surface area contributed by atoms with E-state index >= 15 is 0 Å². The smallest absolute Gasteiger partial charge is 0.138 e. The van der Waals surface area contributed by atoms with Crippen molar-refractivity contribution in [1.29, 1.82) is 0 Å². The lowest BCUT2D eigenvalue weighted by molar-refractivity contribution is 0.173. The molecular formula is C15H22N4O. The van der Waals surface area contributed by atoms with Crippen molar-refractivity contribution >= 4 is 0 Å². The number of aliphatic hydroxyl groups is 1. The minimum absolute atomic E-state index is 0.468.